The Labute approximate surface area is 123 Å². The number of methoxy groups -OCH3 is 1. The van der Waals surface area contributed by atoms with E-state index in [0.717, 1.165) is 16.8 Å². The van der Waals surface area contributed by atoms with Gasteiger partial charge in [0, 0.05) is 25.3 Å². The van der Waals surface area contributed by atoms with Crippen molar-refractivity contribution in [3.8, 4) is 0 Å². The Hall–Kier alpha value is -2.14. The number of carbonyl (C=O) groups is 1. The van der Waals surface area contributed by atoms with Crippen molar-refractivity contribution in [1.29, 1.82) is 0 Å². The molecule has 0 radical (unpaired) electrons. The molecule has 1 aromatic carbocycles. The fraction of sp³-hybridized carbons (Fsp3) is 0.375. The van der Waals surface area contributed by atoms with Crippen LogP contribution in [0.1, 0.15) is 46.1 Å². The maximum Gasteiger partial charge on any atom is 0.272 e. The molecule has 0 unspecified atom stereocenters. The third-order valence-corrected chi connectivity index (χ3v) is 3.60. The highest BCUT2D eigenvalue weighted by molar-refractivity contribution is 5.92. The minimum absolute atomic E-state index is 0.143. The zero-order chi connectivity index (χ0) is 14.7. The van der Waals surface area contributed by atoms with Gasteiger partial charge in [-0.1, -0.05) is 24.3 Å². The smallest absolute Gasteiger partial charge is 0.272 e. The van der Waals surface area contributed by atoms with Gasteiger partial charge in [-0.05, 0) is 30.0 Å². The molecule has 110 valence electrons. The minimum Gasteiger partial charge on any atom is -0.380 e. The Kier molecular flexibility index (Phi) is 4.01. The van der Waals surface area contributed by atoms with E-state index in [4.69, 9.17) is 4.74 Å². The molecule has 0 bridgehead atoms. The fourth-order valence-corrected chi connectivity index (χ4v) is 2.33. The molecule has 3 rings (SSSR count). The molecule has 1 saturated carbocycles. The van der Waals surface area contributed by atoms with Crippen LogP contribution < -0.4 is 5.32 Å². The Morgan fingerprint density at radius 2 is 2.19 bits per heavy atom. The summed E-state index contributed by atoms with van der Waals surface area (Å²) in [5, 5.41) is 9.92. The second-order valence-corrected chi connectivity index (χ2v) is 5.42. The first-order valence-corrected chi connectivity index (χ1v) is 7.16. The average molecular weight is 285 g/mol. The van der Waals surface area contributed by atoms with Gasteiger partial charge in [-0.25, -0.2) is 0 Å². The normalized spacial score (nSPS) is 14.1. The van der Waals surface area contributed by atoms with Gasteiger partial charge in [0.1, 0.15) is 5.69 Å². The number of benzene rings is 1. The highest BCUT2D eigenvalue weighted by atomic mass is 16.5. The molecular weight excluding hydrogens is 266 g/mol. The molecule has 0 aliphatic heterocycles. The lowest BCUT2D eigenvalue weighted by Gasteiger charge is -2.06. The van der Waals surface area contributed by atoms with E-state index in [1.807, 2.05) is 30.3 Å². The molecule has 1 fully saturated rings. The second kappa shape index (κ2) is 6.10. The van der Waals surface area contributed by atoms with Crippen LogP contribution >= 0.6 is 0 Å². The zero-order valence-corrected chi connectivity index (χ0v) is 12.1. The number of ether oxygens (including phenoxy) is 1. The fourth-order valence-electron chi connectivity index (χ4n) is 2.33. The van der Waals surface area contributed by atoms with Gasteiger partial charge in [0.05, 0.1) is 6.61 Å². The highest BCUT2D eigenvalue weighted by Gasteiger charge is 2.26. The van der Waals surface area contributed by atoms with Crippen LogP contribution in [-0.4, -0.2) is 23.2 Å². The molecular formula is C16H19N3O2. The summed E-state index contributed by atoms with van der Waals surface area (Å²) in [5.41, 5.74) is 3.68. The lowest BCUT2D eigenvalue weighted by Crippen LogP contribution is -2.23. The molecule has 1 aromatic heterocycles. The van der Waals surface area contributed by atoms with Gasteiger partial charge in [-0.2, -0.15) is 5.10 Å². The predicted molar refractivity (Wildman–Crippen MR) is 78.9 cm³/mol. The quantitative estimate of drug-likeness (QED) is 0.856. The number of hydrogen-bond donors (Lipinski definition) is 2. The summed E-state index contributed by atoms with van der Waals surface area (Å²) in [4.78, 5) is 12.1. The number of amides is 1. The standard InChI is InChI=1S/C16H19N3O2/c1-21-10-12-4-2-3-11(7-12)9-17-16(20)15-8-14(18-19-15)13-5-6-13/h2-4,7-8,13H,5-6,9-10H2,1H3,(H,17,20)(H,18,19). The molecule has 1 aliphatic rings. The molecule has 5 heteroatoms. The Morgan fingerprint density at radius 3 is 2.95 bits per heavy atom. The van der Waals surface area contributed by atoms with Gasteiger partial charge in [0.15, 0.2) is 0 Å². The monoisotopic (exact) mass is 285 g/mol. The largest absolute Gasteiger partial charge is 0.380 e. The Balaban J connectivity index is 1.58. The van der Waals surface area contributed by atoms with Crippen LogP contribution in [-0.2, 0) is 17.9 Å². The molecule has 0 saturated heterocycles. The summed E-state index contributed by atoms with van der Waals surface area (Å²) in [5.74, 6) is 0.431. The molecule has 0 atom stereocenters. The maximum atomic E-state index is 12.1. The number of aromatic amines is 1. The number of rotatable bonds is 6. The van der Waals surface area contributed by atoms with E-state index in [-0.39, 0.29) is 5.91 Å². The third-order valence-electron chi connectivity index (χ3n) is 3.60. The lowest BCUT2D eigenvalue weighted by molar-refractivity contribution is 0.0946. The van der Waals surface area contributed by atoms with Crippen LogP contribution in [0.5, 0.6) is 0 Å². The number of hydrogen-bond acceptors (Lipinski definition) is 3. The molecule has 1 amide bonds. The van der Waals surface area contributed by atoms with Crippen LogP contribution in [0.2, 0.25) is 0 Å². The molecule has 21 heavy (non-hydrogen) atoms. The topological polar surface area (TPSA) is 67.0 Å². The van der Waals surface area contributed by atoms with Crippen molar-refractivity contribution in [2.45, 2.75) is 31.9 Å². The third kappa shape index (κ3) is 3.49. The van der Waals surface area contributed by atoms with Crippen LogP contribution in [0.4, 0.5) is 0 Å². The SMILES string of the molecule is COCc1cccc(CNC(=O)c2cc(C3CC3)[nH]n2)c1. The highest BCUT2D eigenvalue weighted by Crippen LogP contribution is 2.38. The number of aromatic nitrogens is 2. The number of nitrogens with one attached hydrogen (secondary N) is 2. The summed E-state index contributed by atoms with van der Waals surface area (Å²) < 4.78 is 5.11. The first-order chi connectivity index (χ1) is 10.3. The number of nitrogens with zero attached hydrogens (tertiary/aromatic N) is 1. The first kappa shape index (κ1) is 13.8. The minimum atomic E-state index is -0.143. The number of H-pyrrole nitrogens is 1. The van der Waals surface area contributed by atoms with E-state index in [9.17, 15) is 4.79 Å². The van der Waals surface area contributed by atoms with E-state index < -0.39 is 0 Å². The molecule has 2 aromatic rings. The molecule has 1 aliphatic carbocycles. The Bertz CT molecular complexity index is 632. The van der Waals surface area contributed by atoms with Gasteiger partial charge >= 0.3 is 0 Å². The molecule has 1 heterocycles. The zero-order valence-electron chi connectivity index (χ0n) is 12.1. The molecule has 5 nitrogen and oxygen atoms in total. The summed E-state index contributed by atoms with van der Waals surface area (Å²) in [7, 11) is 1.67. The van der Waals surface area contributed by atoms with E-state index in [1.165, 1.54) is 12.8 Å². The Morgan fingerprint density at radius 1 is 1.38 bits per heavy atom. The van der Waals surface area contributed by atoms with Gasteiger partial charge in [-0.15, -0.1) is 0 Å². The predicted octanol–water partition coefficient (Wildman–Crippen LogP) is 2.36. The van der Waals surface area contributed by atoms with Gasteiger partial charge in [0.25, 0.3) is 5.91 Å². The van der Waals surface area contributed by atoms with Crippen molar-refractivity contribution in [2.24, 2.45) is 0 Å². The van der Waals surface area contributed by atoms with Crippen molar-refractivity contribution >= 4 is 5.91 Å². The van der Waals surface area contributed by atoms with Crippen molar-refractivity contribution in [1.82, 2.24) is 15.5 Å². The lowest BCUT2D eigenvalue weighted by atomic mass is 10.1. The number of carbonyl (C=O) groups excluding carboxylic acids is 1. The van der Waals surface area contributed by atoms with E-state index in [0.29, 0.717) is 24.8 Å². The second-order valence-electron chi connectivity index (χ2n) is 5.42. The van der Waals surface area contributed by atoms with Crippen LogP contribution in [0.25, 0.3) is 0 Å². The van der Waals surface area contributed by atoms with Crippen molar-refractivity contribution in [3.63, 3.8) is 0 Å². The van der Waals surface area contributed by atoms with Gasteiger partial charge in [-0.3, -0.25) is 9.89 Å². The van der Waals surface area contributed by atoms with E-state index >= 15 is 0 Å². The van der Waals surface area contributed by atoms with Crippen molar-refractivity contribution in [3.05, 3.63) is 52.8 Å². The molecule has 0 spiro atoms. The van der Waals surface area contributed by atoms with Crippen LogP contribution in [0.3, 0.4) is 0 Å². The van der Waals surface area contributed by atoms with E-state index in [1.54, 1.807) is 7.11 Å². The van der Waals surface area contributed by atoms with E-state index in [2.05, 4.69) is 15.5 Å². The van der Waals surface area contributed by atoms with Crippen molar-refractivity contribution in [2.75, 3.05) is 7.11 Å². The maximum absolute atomic E-state index is 12.1. The van der Waals surface area contributed by atoms with Gasteiger partial charge < -0.3 is 10.1 Å². The van der Waals surface area contributed by atoms with Crippen LogP contribution in [0, 0.1) is 0 Å². The van der Waals surface area contributed by atoms with Gasteiger partial charge in [0.2, 0.25) is 0 Å². The first-order valence-electron chi connectivity index (χ1n) is 7.16. The summed E-state index contributed by atoms with van der Waals surface area (Å²) in [6.45, 7) is 1.06. The van der Waals surface area contributed by atoms with Crippen LogP contribution in [0.15, 0.2) is 30.3 Å². The molecule has 2 N–H and O–H groups in total. The summed E-state index contributed by atoms with van der Waals surface area (Å²) >= 11 is 0. The van der Waals surface area contributed by atoms with Crippen molar-refractivity contribution < 1.29 is 9.53 Å². The summed E-state index contributed by atoms with van der Waals surface area (Å²) in [6.07, 6.45) is 2.38. The average Bonchev–Trinajstić information content (AvgIpc) is 3.23. The summed E-state index contributed by atoms with van der Waals surface area (Å²) in [6, 6.07) is 9.85.